The van der Waals surface area contributed by atoms with Crippen molar-refractivity contribution < 1.29 is 10.1 Å². The van der Waals surface area contributed by atoms with Gasteiger partial charge in [0.05, 0.1) is 5.56 Å². The van der Waals surface area contributed by atoms with Gasteiger partial charge in [0.1, 0.15) is 17.1 Å². The molecule has 0 unspecified atom stereocenters. The fourth-order valence-electron chi connectivity index (χ4n) is 3.14. The molecule has 0 saturated heterocycles. The van der Waals surface area contributed by atoms with Crippen LogP contribution in [-0.4, -0.2) is 12.5 Å². The zero-order chi connectivity index (χ0) is 17.8. The molecule has 2 aromatic rings. The monoisotopic (exact) mass is 374 g/mol. The van der Waals surface area contributed by atoms with Crippen molar-refractivity contribution in [2.45, 2.75) is 38.6 Å². The van der Waals surface area contributed by atoms with Gasteiger partial charge in [-0.15, -0.1) is 11.3 Å². The van der Waals surface area contributed by atoms with E-state index in [1.807, 2.05) is 29.6 Å². The largest absolute Gasteiger partial charge is 0.333 e. The van der Waals surface area contributed by atoms with E-state index in [9.17, 15) is 10.1 Å². The number of nitrogens with one attached hydrogen (secondary N) is 1. The van der Waals surface area contributed by atoms with Crippen LogP contribution in [0.25, 0.3) is 0 Å². The van der Waals surface area contributed by atoms with E-state index >= 15 is 0 Å². The number of aryl methyl sites for hydroxylation is 1. The van der Waals surface area contributed by atoms with Crippen molar-refractivity contribution in [2.75, 3.05) is 11.9 Å². The van der Waals surface area contributed by atoms with Crippen molar-refractivity contribution in [3.63, 3.8) is 0 Å². The lowest BCUT2D eigenvalue weighted by Gasteiger charge is -2.11. The minimum atomic E-state index is -0.0732. The van der Waals surface area contributed by atoms with Crippen LogP contribution in [0.3, 0.4) is 0 Å². The Morgan fingerprint density at radius 1 is 1.36 bits per heavy atom. The molecule has 25 heavy (non-hydrogen) atoms. The molecule has 1 aliphatic carbocycles. The van der Waals surface area contributed by atoms with Crippen molar-refractivity contribution in [2.24, 2.45) is 0 Å². The SMILES string of the molecule is C[C@@H]([NH2+]CC(=O)Nc1sc2c(c1C#N)CCCC2)c1ccc(Cl)cc1. The van der Waals surface area contributed by atoms with Crippen molar-refractivity contribution >= 4 is 33.8 Å². The topological polar surface area (TPSA) is 69.5 Å². The first kappa shape index (κ1) is 17.9. The first-order chi connectivity index (χ1) is 12.1. The normalized spacial score (nSPS) is 14.4. The lowest BCUT2D eigenvalue weighted by molar-refractivity contribution is -0.682. The van der Waals surface area contributed by atoms with Crippen molar-refractivity contribution in [1.29, 1.82) is 5.26 Å². The molecule has 0 radical (unpaired) electrons. The van der Waals surface area contributed by atoms with E-state index in [0.717, 1.165) is 36.8 Å². The number of rotatable bonds is 5. The van der Waals surface area contributed by atoms with Crippen LogP contribution in [0.1, 0.15) is 47.4 Å². The van der Waals surface area contributed by atoms with Crippen LogP contribution >= 0.6 is 22.9 Å². The van der Waals surface area contributed by atoms with Gasteiger partial charge in [0.2, 0.25) is 0 Å². The summed E-state index contributed by atoms with van der Waals surface area (Å²) in [6, 6.07) is 10.1. The predicted molar refractivity (Wildman–Crippen MR) is 101 cm³/mol. The summed E-state index contributed by atoms with van der Waals surface area (Å²) in [6.07, 6.45) is 4.25. The van der Waals surface area contributed by atoms with E-state index in [2.05, 4.69) is 18.3 Å². The molecule has 1 atom stereocenters. The van der Waals surface area contributed by atoms with E-state index in [4.69, 9.17) is 11.6 Å². The zero-order valence-electron chi connectivity index (χ0n) is 14.1. The number of halogens is 1. The van der Waals surface area contributed by atoms with E-state index in [0.29, 0.717) is 22.1 Å². The lowest BCUT2D eigenvalue weighted by atomic mass is 9.96. The number of nitriles is 1. The second kappa shape index (κ2) is 8.01. The lowest BCUT2D eigenvalue weighted by Crippen LogP contribution is -2.86. The van der Waals surface area contributed by atoms with Gasteiger partial charge in [0.15, 0.2) is 6.54 Å². The molecule has 0 saturated carbocycles. The molecule has 1 aromatic heterocycles. The fraction of sp³-hybridized carbons (Fsp3) is 0.368. The highest BCUT2D eigenvalue weighted by Crippen LogP contribution is 2.37. The Labute approximate surface area is 156 Å². The van der Waals surface area contributed by atoms with Crippen LogP contribution in [0, 0.1) is 11.3 Å². The molecule has 0 aliphatic heterocycles. The maximum atomic E-state index is 12.3. The zero-order valence-corrected chi connectivity index (χ0v) is 15.7. The third-order valence-electron chi connectivity index (χ3n) is 4.59. The number of hydrogen-bond donors (Lipinski definition) is 2. The van der Waals surface area contributed by atoms with E-state index in [1.54, 1.807) is 11.3 Å². The summed E-state index contributed by atoms with van der Waals surface area (Å²) in [5, 5.41) is 15.8. The summed E-state index contributed by atoms with van der Waals surface area (Å²) in [5.41, 5.74) is 2.94. The van der Waals surface area contributed by atoms with E-state index < -0.39 is 0 Å². The van der Waals surface area contributed by atoms with Gasteiger partial charge in [-0.1, -0.05) is 23.7 Å². The molecule has 3 rings (SSSR count). The minimum Gasteiger partial charge on any atom is -0.333 e. The van der Waals surface area contributed by atoms with Crippen LogP contribution in [0.2, 0.25) is 5.02 Å². The van der Waals surface area contributed by atoms with E-state index in [1.165, 1.54) is 4.88 Å². The number of carbonyl (C=O) groups is 1. The molecule has 0 bridgehead atoms. The second-order valence-corrected chi connectivity index (χ2v) is 7.90. The Kier molecular flexibility index (Phi) is 5.74. The molecule has 6 heteroatoms. The van der Waals surface area contributed by atoms with Gasteiger partial charge in [-0.3, -0.25) is 4.79 Å². The maximum Gasteiger partial charge on any atom is 0.280 e. The van der Waals surface area contributed by atoms with Gasteiger partial charge in [0.25, 0.3) is 5.91 Å². The Bertz CT molecular complexity index is 807. The highest BCUT2D eigenvalue weighted by atomic mass is 35.5. The number of nitrogens with zero attached hydrogens (tertiary/aromatic N) is 1. The molecule has 4 nitrogen and oxygen atoms in total. The Morgan fingerprint density at radius 2 is 2.08 bits per heavy atom. The average Bonchev–Trinajstić information content (AvgIpc) is 2.97. The van der Waals surface area contributed by atoms with Gasteiger partial charge in [-0.2, -0.15) is 5.26 Å². The quantitative estimate of drug-likeness (QED) is 0.841. The molecule has 1 aliphatic rings. The number of thiophene rings is 1. The molecular formula is C19H21ClN3OS+. The summed E-state index contributed by atoms with van der Waals surface area (Å²) in [4.78, 5) is 13.6. The minimum absolute atomic E-state index is 0.0732. The standard InChI is InChI=1S/C19H20ClN3OS/c1-12(13-6-8-14(20)9-7-13)22-11-18(24)23-19-16(10-21)15-4-2-3-5-17(15)25-19/h6-9,12,22H,2-5,11H2,1H3,(H,23,24)/p+1/t12-/m1/s1. The molecule has 0 spiro atoms. The van der Waals surface area contributed by atoms with Crippen LogP contribution in [0.5, 0.6) is 0 Å². The summed E-state index contributed by atoms with van der Waals surface area (Å²) in [5.74, 6) is -0.0732. The highest BCUT2D eigenvalue weighted by molar-refractivity contribution is 7.16. The fourth-order valence-corrected chi connectivity index (χ4v) is 4.52. The average molecular weight is 375 g/mol. The molecule has 3 N–H and O–H groups in total. The predicted octanol–water partition coefficient (Wildman–Crippen LogP) is 3.42. The summed E-state index contributed by atoms with van der Waals surface area (Å²) < 4.78 is 0. The van der Waals surface area contributed by atoms with Crippen molar-refractivity contribution in [3.8, 4) is 6.07 Å². The second-order valence-electron chi connectivity index (χ2n) is 6.36. The molecule has 1 amide bonds. The molecular weight excluding hydrogens is 354 g/mol. The van der Waals surface area contributed by atoms with Gasteiger partial charge in [-0.25, -0.2) is 0 Å². The first-order valence-electron chi connectivity index (χ1n) is 8.51. The third-order valence-corrected chi connectivity index (χ3v) is 6.05. The van der Waals surface area contributed by atoms with Gasteiger partial charge in [-0.05, 0) is 50.3 Å². The Morgan fingerprint density at radius 3 is 2.80 bits per heavy atom. The number of carbonyl (C=O) groups excluding carboxylic acids is 1. The smallest absolute Gasteiger partial charge is 0.280 e. The number of hydrogen-bond acceptors (Lipinski definition) is 3. The summed E-state index contributed by atoms with van der Waals surface area (Å²) >= 11 is 7.47. The van der Waals surface area contributed by atoms with Crippen LogP contribution in [0.15, 0.2) is 24.3 Å². The van der Waals surface area contributed by atoms with E-state index in [-0.39, 0.29) is 11.9 Å². The molecule has 1 aromatic carbocycles. The number of amides is 1. The highest BCUT2D eigenvalue weighted by Gasteiger charge is 2.22. The van der Waals surface area contributed by atoms with Gasteiger partial charge in [0, 0.05) is 15.5 Å². The number of benzene rings is 1. The van der Waals surface area contributed by atoms with Crippen LogP contribution in [-0.2, 0) is 17.6 Å². The summed E-state index contributed by atoms with van der Waals surface area (Å²) in [7, 11) is 0. The molecule has 130 valence electrons. The number of fused-ring (bicyclic) bond motifs is 1. The van der Waals surface area contributed by atoms with Crippen LogP contribution < -0.4 is 10.6 Å². The number of anilines is 1. The van der Waals surface area contributed by atoms with Gasteiger partial charge >= 0.3 is 0 Å². The molecule has 0 fully saturated rings. The Balaban J connectivity index is 1.60. The third kappa shape index (κ3) is 4.21. The van der Waals surface area contributed by atoms with Crippen molar-refractivity contribution in [1.82, 2.24) is 0 Å². The van der Waals surface area contributed by atoms with Gasteiger partial charge < -0.3 is 10.6 Å². The Hall–Kier alpha value is -1.87. The van der Waals surface area contributed by atoms with Crippen LogP contribution in [0.4, 0.5) is 5.00 Å². The number of nitrogens with two attached hydrogens (primary N) is 1. The first-order valence-corrected chi connectivity index (χ1v) is 9.71. The molecule has 1 heterocycles. The maximum absolute atomic E-state index is 12.3. The van der Waals surface area contributed by atoms with Crippen molar-refractivity contribution in [3.05, 3.63) is 50.9 Å². The summed E-state index contributed by atoms with van der Waals surface area (Å²) in [6.45, 7) is 2.37. The number of quaternary nitrogens is 1.